The highest BCUT2D eigenvalue weighted by Crippen LogP contribution is 2.29. The van der Waals surface area contributed by atoms with E-state index in [-0.39, 0.29) is 4.90 Å². The lowest BCUT2D eigenvalue weighted by Gasteiger charge is -2.36. The van der Waals surface area contributed by atoms with Gasteiger partial charge in [0.05, 0.1) is 10.8 Å². The van der Waals surface area contributed by atoms with Gasteiger partial charge in [-0.05, 0) is 38.8 Å². The van der Waals surface area contributed by atoms with Crippen LogP contribution in [0.2, 0.25) is 0 Å². The summed E-state index contributed by atoms with van der Waals surface area (Å²) in [6, 6.07) is 6.11. The second-order valence-corrected chi connectivity index (χ2v) is 7.15. The zero-order chi connectivity index (χ0) is 14.9. The van der Waals surface area contributed by atoms with Crippen LogP contribution >= 0.6 is 0 Å². The van der Waals surface area contributed by atoms with E-state index in [1.165, 1.54) is 4.31 Å². The molecule has 1 aliphatic heterocycles. The first kappa shape index (κ1) is 15.0. The molecule has 6 heteroatoms. The van der Waals surface area contributed by atoms with Gasteiger partial charge < -0.3 is 5.11 Å². The molecular formula is C14H19NO4S. The second-order valence-electron chi connectivity index (χ2n) is 5.26. The van der Waals surface area contributed by atoms with Gasteiger partial charge in [0.1, 0.15) is 0 Å². The van der Waals surface area contributed by atoms with Gasteiger partial charge in [-0.15, -0.1) is 0 Å². The first-order valence-electron chi connectivity index (χ1n) is 6.65. The third-order valence-electron chi connectivity index (χ3n) is 3.87. The van der Waals surface area contributed by atoms with Crippen molar-refractivity contribution in [1.29, 1.82) is 0 Å². The number of benzene rings is 1. The van der Waals surface area contributed by atoms with Gasteiger partial charge in [-0.25, -0.2) is 8.42 Å². The molecule has 110 valence electrons. The lowest BCUT2D eigenvalue weighted by Crippen LogP contribution is -2.48. The molecule has 0 unspecified atom stereocenters. The van der Waals surface area contributed by atoms with Crippen LogP contribution in [0, 0.1) is 12.8 Å². The minimum atomic E-state index is -3.62. The third-order valence-corrected chi connectivity index (χ3v) is 5.88. The van der Waals surface area contributed by atoms with E-state index in [0.29, 0.717) is 19.4 Å². The number of carboxylic acid groups (broad SMARTS) is 1. The normalized spacial score (nSPS) is 24.5. The van der Waals surface area contributed by atoms with Crippen molar-refractivity contribution in [1.82, 2.24) is 4.31 Å². The van der Waals surface area contributed by atoms with E-state index < -0.39 is 28.0 Å². The summed E-state index contributed by atoms with van der Waals surface area (Å²) >= 11 is 0. The Morgan fingerprint density at radius 1 is 1.30 bits per heavy atom. The Bertz CT molecular complexity index is 594. The standard InChI is InChI=1S/C14H19NO4S/c1-10-5-7-12(8-6-10)20(18,19)15-9-3-4-13(11(15)2)14(16)17/h5-8,11,13H,3-4,9H2,1-2H3,(H,16,17)/t11-,13-/m1/s1. The fourth-order valence-electron chi connectivity index (χ4n) is 2.63. The molecule has 1 fully saturated rings. The van der Waals surface area contributed by atoms with Gasteiger partial charge >= 0.3 is 5.97 Å². The number of carboxylic acids is 1. The Hall–Kier alpha value is -1.40. The Morgan fingerprint density at radius 2 is 1.90 bits per heavy atom. The molecule has 0 amide bonds. The van der Waals surface area contributed by atoms with Crippen LogP contribution in [0.5, 0.6) is 0 Å². The van der Waals surface area contributed by atoms with Crippen LogP contribution in [0.15, 0.2) is 29.2 Å². The van der Waals surface area contributed by atoms with Crippen LogP contribution in [-0.2, 0) is 14.8 Å². The lowest BCUT2D eigenvalue weighted by atomic mass is 9.92. The zero-order valence-corrected chi connectivity index (χ0v) is 12.4. The van der Waals surface area contributed by atoms with Crippen molar-refractivity contribution in [2.24, 2.45) is 5.92 Å². The molecule has 1 saturated heterocycles. The van der Waals surface area contributed by atoms with Crippen LogP contribution in [0.25, 0.3) is 0 Å². The Kier molecular flexibility index (Phi) is 4.15. The van der Waals surface area contributed by atoms with Crippen molar-refractivity contribution in [3.8, 4) is 0 Å². The minimum Gasteiger partial charge on any atom is -0.481 e. The van der Waals surface area contributed by atoms with Crippen LogP contribution in [-0.4, -0.2) is 36.4 Å². The molecule has 1 aromatic carbocycles. The maximum atomic E-state index is 12.6. The Balaban J connectivity index is 2.33. The lowest BCUT2D eigenvalue weighted by molar-refractivity contribution is -0.144. The SMILES string of the molecule is Cc1ccc(S(=O)(=O)N2CCC[C@@H](C(=O)O)[C@H]2C)cc1. The number of hydrogen-bond acceptors (Lipinski definition) is 3. The van der Waals surface area contributed by atoms with Gasteiger partial charge in [0, 0.05) is 12.6 Å². The maximum absolute atomic E-state index is 12.6. The summed E-state index contributed by atoms with van der Waals surface area (Å²) in [5.41, 5.74) is 0.985. The number of sulfonamides is 1. The number of rotatable bonds is 3. The van der Waals surface area contributed by atoms with Crippen LogP contribution in [0.3, 0.4) is 0 Å². The largest absolute Gasteiger partial charge is 0.481 e. The molecule has 0 aliphatic carbocycles. The molecule has 0 radical (unpaired) electrons. The fourth-order valence-corrected chi connectivity index (χ4v) is 4.33. The number of piperidine rings is 1. The molecule has 2 atom stereocenters. The van der Waals surface area contributed by atoms with Crippen molar-refractivity contribution < 1.29 is 18.3 Å². The summed E-state index contributed by atoms with van der Waals surface area (Å²) in [7, 11) is -3.62. The van der Waals surface area contributed by atoms with E-state index in [9.17, 15) is 18.3 Å². The third kappa shape index (κ3) is 2.71. The smallest absolute Gasteiger partial charge is 0.308 e. The second kappa shape index (κ2) is 5.54. The summed E-state index contributed by atoms with van der Waals surface area (Å²) in [5, 5.41) is 9.18. The topological polar surface area (TPSA) is 74.7 Å². The van der Waals surface area contributed by atoms with Crippen LogP contribution in [0.1, 0.15) is 25.3 Å². The van der Waals surface area contributed by atoms with Crippen molar-refractivity contribution in [3.05, 3.63) is 29.8 Å². The predicted octanol–water partition coefficient (Wildman–Crippen LogP) is 1.87. The highest BCUT2D eigenvalue weighted by Gasteiger charge is 2.39. The summed E-state index contributed by atoms with van der Waals surface area (Å²) in [6.45, 7) is 3.94. The van der Waals surface area contributed by atoms with E-state index in [1.807, 2.05) is 6.92 Å². The summed E-state index contributed by atoms with van der Waals surface area (Å²) in [6.07, 6.45) is 1.10. The van der Waals surface area contributed by atoms with E-state index in [4.69, 9.17) is 0 Å². The quantitative estimate of drug-likeness (QED) is 0.924. The van der Waals surface area contributed by atoms with Crippen LogP contribution in [0.4, 0.5) is 0 Å². The van der Waals surface area contributed by atoms with E-state index in [1.54, 1.807) is 31.2 Å². The van der Waals surface area contributed by atoms with Crippen LogP contribution < -0.4 is 0 Å². The number of aliphatic carboxylic acids is 1. The first-order valence-corrected chi connectivity index (χ1v) is 8.09. The van der Waals surface area contributed by atoms with Crippen molar-refractivity contribution in [3.63, 3.8) is 0 Å². The Morgan fingerprint density at radius 3 is 2.45 bits per heavy atom. The number of hydrogen-bond donors (Lipinski definition) is 1. The minimum absolute atomic E-state index is 0.223. The average Bonchev–Trinajstić information content (AvgIpc) is 2.38. The average molecular weight is 297 g/mol. The van der Waals surface area contributed by atoms with Crippen molar-refractivity contribution in [2.45, 2.75) is 37.6 Å². The van der Waals surface area contributed by atoms with E-state index in [2.05, 4.69) is 0 Å². The van der Waals surface area contributed by atoms with Crippen molar-refractivity contribution in [2.75, 3.05) is 6.54 Å². The molecule has 2 rings (SSSR count). The molecule has 0 bridgehead atoms. The first-order chi connectivity index (χ1) is 9.34. The molecule has 1 aliphatic rings. The van der Waals surface area contributed by atoms with Gasteiger partial charge in [0.25, 0.3) is 0 Å². The zero-order valence-electron chi connectivity index (χ0n) is 11.6. The highest BCUT2D eigenvalue weighted by molar-refractivity contribution is 7.89. The molecule has 1 heterocycles. The Labute approximate surface area is 119 Å². The monoisotopic (exact) mass is 297 g/mol. The summed E-state index contributed by atoms with van der Waals surface area (Å²) in [5.74, 6) is -1.56. The molecule has 20 heavy (non-hydrogen) atoms. The number of nitrogens with zero attached hydrogens (tertiary/aromatic N) is 1. The molecule has 5 nitrogen and oxygen atoms in total. The molecule has 0 aromatic heterocycles. The van der Waals surface area contributed by atoms with Gasteiger partial charge in [-0.2, -0.15) is 4.31 Å². The molecule has 1 aromatic rings. The molecule has 0 spiro atoms. The molecular weight excluding hydrogens is 278 g/mol. The van der Waals surface area contributed by atoms with Gasteiger partial charge in [-0.1, -0.05) is 17.7 Å². The van der Waals surface area contributed by atoms with Gasteiger partial charge in [0.2, 0.25) is 10.0 Å². The summed E-state index contributed by atoms with van der Waals surface area (Å²) in [4.78, 5) is 11.4. The fraction of sp³-hybridized carbons (Fsp3) is 0.500. The molecule has 1 N–H and O–H groups in total. The number of carbonyl (C=O) groups is 1. The number of aryl methyl sites for hydroxylation is 1. The molecule has 0 saturated carbocycles. The summed E-state index contributed by atoms with van der Waals surface area (Å²) < 4.78 is 26.5. The van der Waals surface area contributed by atoms with Gasteiger partial charge in [-0.3, -0.25) is 4.79 Å². The predicted molar refractivity (Wildman–Crippen MR) is 74.9 cm³/mol. The van der Waals surface area contributed by atoms with Crippen molar-refractivity contribution >= 4 is 16.0 Å². The van der Waals surface area contributed by atoms with E-state index in [0.717, 1.165) is 5.56 Å². The van der Waals surface area contributed by atoms with Gasteiger partial charge in [0.15, 0.2) is 0 Å². The van der Waals surface area contributed by atoms with E-state index >= 15 is 0 Å². The maximum Gasteiger partial charge on any atom is 0.308 e. The highest BCUT2D eigenvalue weighted by atomic mass is 32.2.